The minimum atomic E-state index is 0.233. The first-order valence-electron chi connectivity index (χ1n) is 6.02. The maximum Gasteiger partial charge on any atom is 0.161 e. The monoisotopic (exact) mass is 236 g/mol. The van der Waals surface area contributed by atoms with Crippen LogP contribution in [-0.2, 0) is 11.2 Å². The third kappa shape index (κ3) is 4.10. The van der Waals surface area contributed by atoms with Gasteiger partial charge in [0, 0.05) is 12.8 Å². The van der Waals surface area contributed by atoms with Crippen LogP contribution < -0.4 is 9.47 Å². The lowest BCUT2D eigenvalue weighted by atomic mass is 10.1. The zero-order valence-corrected chi connectivity index (χ0v) is 10.8. The smallest absolute Gasteiger partial charge is 0.161 e. The summed E-state index contributed by atoms with van der Waals surface area (Å²) >= 11 is 0. The zero-order chi connectivity index (χ0) is 12.7. The quantitative estimate of drug-likeness (QED) is 0.730. The topological polar surface area (TPSA) is 35.5 Å². The number of Topliss-reactive ketones (excluding diaryl/α,β-unsaturated/α-hetero) is 1. The third-order valence-electron chi connectivity index (χ3n) is 2.49. The van der Waals surface area contributed by atoms with Gasteiger partial charge in [-0.15, -0.1) is 0 Å². The van der Waals surface area contributed by atoms with E-state index in [4.69, 9.17) is 9.47 Å². The van der Waals surface area contributed by atoms with Gasteiger partial charge < -0.3 is 9.47 Å². The molecule has 0 spiro atoms. The largest absolute Gasteiger partial charge is 0.493 e. The lowest BCUT2D eigenvalue weighted by Gasteiger charge is -2.11. The van der Waals surface area contributed by atoms with Crippen LogP contribution in [0.15, 0.2) is 18.2 Å². The van der Waals surface area contributed by atoms with Gasteiger partial charge in [-0.05, 0) is 24.1 Å². The molecule has 0 unspecified atom stereocenters. The average Bonchev–Trinajstić information content (AvgIpc) is 2.36. The van der Waals surface area contributed by atoms with Gasteiger partial charge in [0.2, 0.25) is 0 Å². The van der Waals surface area contributed by atoms with Crippen LogP contribution in [0.2, 0.25) is 0 Å². The molecule has 94 valence electrons. The summed E-state index contributed by atoms with van der Waals surface area (Å²) in [5.74, 6) is 1.67. The number of methoxy groups -OCH3 is 1. The Balaban J connectivity index is 2.83. The van der Waals surface area contributed by atoms with E-state index in [-0.39, 0.29) is 5.78 Å². The van der Waals surface area contributed by atoms with Gasteiger partial charge in [-0.1, -0.05) is 19.9 Å². The van der Waals surface area contributed by atoms with Crippen LogP contribution in [0, 0.1) is 0 Å². The number of ether oxygens (including phenoxy) is 2. The Morgan fingerprint density at radius 3 is 2.59 bits per heavy atom. The Bertz CT molecular complexity index is 372. The van der Waals surface area contributed by atoms with E-state index in [0.29, 0.717) is 25.2 Å². The molecule has 0 saturated carbocycles. The summed E-state index contributed by atoms with van der Waals surface area (Å²) in [7, 11) is 1.62. The van der Waals surface area contributed by atoms with Crippen LogP contribution in [0.5, 0.6) is 11.5 Å². The third-order valence-corrected chi connectivity index (χ3v) is 2.49. The zero-order valence-electron chi connectivity index (χ0n) is 10.8. The number of carbonyl (C=O) groups is 1. The molecule has 0 aliphatic heterocycles. The lowest BCUT2D eigenvalue weighted by Crippen LogP contribution is -2.02. The number of ketones is 1. The minimum absolute atomic E-state index is 0.233. The summed E-state index contributed by atoms with van der Waals surface area (Å²) in [6, 6.07) is 5.65. The number of rotatable bonds is 7. The fraction of sp³-hybridized carbons (Fsp3) is 0.500. The fourth-order valence-corrected chi connectivity index (χ4v) is 1.51. The van der Waals surface area contributed by atoms with E-state index in [1.807, 2.05) is 25.1 Å². The molecule has 0 aliphatic carbocycles. The molecule has 0 aromatic heterocycles. The SMILES string of the molecule is CCCOc1cc(CC(=O)CC)ccc1OC. The molecule has 0 atom stereocenters. The van der Waals surface area contributed by atoms with Gasteiger partial charge in [-0.3, -0.25) is 4.79 Å². The van der Waals surface area contributed by atoms with Crippen LogP contribution in [0.3, 0.4) is 0 Å². The molecular formula is C14H20O3. The summed E-state index contributed by atoms with van der Waals surface area (Å²) in [6.07, 6.45) is 1.97. The van der Waals surface area contributed by atoms with Crippen molar-refractivity contribution < 1.29 is 14.3 Å². The van der Waals surface area contributed by atoms with E-state index in [1.54, 1.807) is 7.11 Å². The number of carbonyl (C=O) groups excluding carboxylic acids is 1. The molecule has 0 fully saturated rings. The molecule has 0 radical (unpaired) electrons. The Morgan fingerprint density at radius 1 is 1.24 bits per heavy atom. The summed E-state index contributed by atoms with van der Waals surface area (Å²) in [5.41, 5.74) is 0.976. The summed E-state index contributed by atoms with van der Waals surface area (Å²) in [4.78, 5) is 11.4. The highest BCUT2D eigenvalue weighted by molar-refractivity contribution is 5.80. The highest BCUT2D eigenvalue weighted by Crippen LogP contribution is 2.28. The van der Waals surface area contributed by atoms with Crippen molar-refractivity contribution in [3.8, 4) is 11.5 Å². The van der Waals surface area contributed by atoms with Crippen molar-refractivity contribution in [2.24, 2.45) is 0 Å². The van der Waals surface area contributed by atoms with Crippen LogP contribution in [0.25, 0.3) is 0 Å². The second-order valence-corrected chi connectivity index (χ2v) is 3.90. The predicted octanol–water partition coefficient (Wildman–Crippen LogP) is 3.01. The van der Waals surface area contributed by atoms with Crippen molar-refractivity contribution in [2.75, 3.05) is 13.7 Å². The van der Waals surface area contributed by atoms with Crippen LogP contribution in [0.1, 0.15) is 32.3 Å². The van der Waals surface area contributed by atoms with E-state index >= 15 is 0 Å². The van der Waals surface area contributed by atoms with Crippen LogP contribution in [-0.4, -0.2) is 19.5 Å². The molecule has 1 aromatic rings. The first-order chi connectivity index (χ1) is 8.21. The van der Waals surface area contributed by atoms with Crippen molar-refractivity contribution in [1.29, 1.82) is 0 Å². The van der Waals surface area contributed by atoms with Crippen molar-refractivity contribution in [2.45, 2.75) is 33.1 Å². The Kier molecular flexibility index (Phi) is 5.53. The number of benzene rings is 1. The van der Waals surface area contributed by atoms with Crippen molar-refractivity contribution in [3.05, 3.63) is 23.8 Å². The normalized spacial score (nSPS) is 10.1. The van der Waals surface area contributed by atoms with E-state index in [1.165, 1.54) is 0 Å². The molecule has 3 heteroatoms. The molecule has 3 nitrogen and oxygen atoms in total. The van der Waals surface area contributed by atoms with Crippen LogP contribution >= 0.6 is 0 Å². The lowest BCUT2D eigenvalue weighted by molar-refractivity contribution is -0.118. The molecule has 0 bridgehead atoms. The summed E-state index contributed by atoms with van der Waals surface area (Å²) < 4.78 is 10.8. The summed E-state index contributed by atoms with van der Waals surface area (Å²) in [5, 5.41) is 0. The van der Waals surface area contributed by atoms with Gasteiger partial charge in [-0.2, -0.15) is 0 Å². The van der Waals surface area contributed by atoms with Gasteiger partial charge in [0.05, 0.1) is 13.7 Å². The predicted molar refractivity (Wildman–Crippen MR) is 67.8 cm³/mol. The second-order valence-electron chi connectivity index (χ2n) is 3.90. The van der Waals surface area contributed by atoms with Gasteiger partial charge in [0.1, 0.15) is 5.78 Å². The van der Waals surface area contributed by atoms with E-state index in [9.17, 15) is 4.79 Å². The van der Waals surface area contributed by atoms with Crippen LogP contribution in [0.4, 0.5) is 0 Å². The molecule has 0 N–H and O–H groups in total. The molecule has 0 amide bonds. The van der Waals surface area contributed by atoms with Gasteiger partial charge in [0.25, 0.3) is 0 Å². The van der Waals surface area contributed by atoms with Crippen molar-refractivity contribution >= 4 is 5.78 Å². The number of hydrogen-bond acceptors (Lipinski definition) is 3. The maximum absolute atomic E-state index is 11.4. The second kappa shape index (κ2) is 6.94. The van der Waals surface area contributed by atoms with E-state index in [2.05, 4.69) is 6.92 Å². The fourth-order valence-electron chi connectivity index (χ4n) is 1.51. The van der Waals surface area contributed by atoms with Gasteiger partial charge >= 0.3 is 0 Å². The molecule has 1 aromatic carbocycles. The first-order valence-corrected chi connectivity index (χ1v) is 6.02. The van der Waals surface area contributed by atoms with Crippen molar-refractivity contribution in [1.82, 2.24) is 0 Å². The maximum atomic E-state index is 11.4. The Labute approximate surface area is 103 Å². The Morgan fingerprint density at radius 2 is 2.00 bits per heavy atom. The molecular weight excluding hydrogens is 216 g/mol. The highest BCUT2D eigenvalue weighted by Gasteiger charge is 2.07. The average molecular weight is 236 g/mol. The minimum Gasteiger partial charge on any atom is -0.493 e. The first kappa shape index (κ1) is 13.6. The molecule has 0 aliphatic rings. The molecule has 17 heavy (non-hydrogen) atoms. The van der Waals surface area contributed by atoms with Crippen molar-refractivity contribution in [3.63, 3.8) is 0 Å². The molecule has 0 heterocycles. The van der Waals surface area contributed by atoms with Gasteiger partial charge in [-0.25, -0.2) is 0 Å². The van der Waals surface area contributed by atoms with Gasteiger partial charge in [0.15, 0.2) is 11.5 Å². The highest BCUT2D eigenvalue weighted by atomic mass is 16.5. The standard InChI is InChI=1S/C14H20O3/c1-4-8-17-14-10-11(9-12(15)5-2)6-7-13(14)16-3/h6-7,10H,4-5,8-9H2,1-3H3. The molecule has 1 rings (SSSR count). The van der Waals surface area contributed by atoms with E-state index in [0.717, 1.165) is 17.7 Å². The Hall–Kier alpha value is -1.51. The number of hydrogen-bond donors (Lipinski definition) is 0. The van der Waals surface area contributed by atoms with E-state index < -0.39 is 0 Å². The summed E-state index contributed by atoms with van der Waals surface area (Å²) in [6.45, 7) is 4.58. The molecule has 0 saturated heterocycles.